The average Bonchev–Trinajstić information content (AvgIpc) is 2.79. The molecule has 166 valence electrons. The number of morpholine rings is 1. The number of hydrogen-bond acceptors (Lipinski definition) is 4. The molecule has 3 fully saturated rings. The van der Waals surface area contributed by atoms with Gasteiger partial charge in [0.2, 0.25) is 5.91 Å². The van der Waals surface area contributed by atoms with E-state index in [1.807, 2.05) is 0 Å². The number of carbonyl (C=O) groups is 1. The van der Waals surface area contributed by atoms with Crippen LogP contribution < -0.4 is 5.32 Å². The van der Waals surface area contributed by atoms with E-state index in [4.69, 9.17) is 4.74 Å². The number of piperidine rings is 1. The van der Waals surface area contributed by atoms with Crippen molar-refractivity contribution in [3.63, 3.8) is 0 Å². The zero-order valence-electron chi connectivity index (χ0n) is 17.8. The van der Waals surface area contributed by atoms with Gasteiger partial charge in [-0.3, -0.25) is 9.69 Å². The molecule has 1 aliphatic carbocycles. The van der Waals surface area contributed by atoms with E-state index in [0.29, 0.717) is 12.0 Å². The lowest BCUT2D eigenvalue weighted by molar-refractivity contribution is -0.145. The molecule has 0 bridgehead atoms. The molecular weight excluding hydrogens is 388 g/mol. The molecule has 1 amide bonds. The third-order valence-electron chi connectivity index (χ3n) is 7.49. The van der Waals surface area contributed by atoms with E-state index in [-0.39, 0.29) is 18.0 Å². The van der Waals surface area contributed by atoms with Crippen molar-refractivity contribution in [3.05, 3.63) is 35.4 Å². The second kappa shape index (κ2) is 9.28. The Morgan fingerprint density at radius 3 is 2.80 bits per heavy atom. The molecule has 3 atom stereocenters. The number of benzene rings is 1. The average molecular weight is 422 g/mol. The molecule has 1 N–H and O–H groups in total. The first-order valence-corrected chi connectivity index (χ1v) is 11.3. The summed E-state index contributed by atoms with van der Waals surface area (Å²) >= 11 is 0. The highest BCUT2D eigenvalue weighted by atomic mass is 19.2. The van der Waals surface area contributed by atoms with Gasteiger partial charge in [-0.2, -0.15) is 0 Å². The highest BCUT2D eigenvalue weighted by molar-refractivity contribution is 5.83. The third-order valence-corrected chi connectivity index (χ3v) is 7.49. The lowest BCUT2D eigenvalue weighted by atomic mass is 9.61. The van der Waals surface area contributed by atoms with E-state index in [1.165, 1.54) is 12.1 Å². The number of nitrogens with one attached hydrogen (secondary N) is 1. The van der Waals surface area contributed by atoms with Crippen LogP contribution in [0.1, 0.15) is 38.2 Å². The van der Waals surface area contributed by atoms with Crippen molar-refractivity contribution in [1.82, 2.24) is 15.1 Å². The first-order valence-electron chi connectivity index (χ1n) is 11.3. The predicted octanol–water partition coefficient (Wildman–Crippen LogP) is 2.79. The summed E-state index contributed by atoms with van der Waals surface area (Å²) in [6.45, 7) is 8.36. The molecule has 30 heavy (non-hydrogen) atoms. The normalized spacial score (nSPS) is 30.6. The molecule has 0 aromatic heterocycles. The standard InChI is InChI=1S/C23H33F2N3O2/c1-2-27-9-7-18-14-19(28-10-12-30-13-11-28)6-8-23(18,16-27)22(29)26-15-17-4-3-5-20(24)21(17)25/h3-5,18-19H,2,6-16H2,1H3,(H,26,29)/t18-,19+,23-/m1/s1. The monoisotopic (exact) mass is 421 g/mol. The van der Waals surface area contributed by atoms with Crippen LogP contribution in [0, 0.1) is 23.0 Å². The minimum atomic E-state index is -0.876. The number of hydrogen-bond donors (Lipinski definition) is 1. The van der Waals surface area contributed by atoms with Crippen LogP contribution in [0.2, 0.25) is 0 Å². The number of amides is 1. The number of fused-ring (bicyclic) bond motifs is 1. The van der Waals surface area contributed by atoms with E-state index < -0.39 is 17.0 Å². The molecule has 1 saturated carbocycles. The van der Waals surface area contributed by atoms with Gasteiger partial charge in [-0.05, 0) is 50.8 Å². The van der Waals surface area contributed by atoms with Crippen molar-refractivity contribution in [2.75, 3.05) is 45.9 Å². The van der Waals surface area contributed by atoms with Gasteiger partial charge in [0, 0.05) is 37.8 Å². The summed E-state index contributed by atoms with van der Waals surface area (Å²) in [7, 11) is 0. The second-order valence-electron chi connectivity index (χ2n) is 8.98. The molecule has 1 aromatic rings. The van der Waals surface area contributed by atoms with Gasteiger partial charge in [0.05, 0.1) is 18.6 Å². The van der Waals surface area contributed by atoms with Crippen LogP contribution in [0.25, 0.3) is 0 Å². The van der Waals surface area contributed by atoms with Crippen LogP contribution in [0.5, 0.6) is 0 Å². The van der Waals surface area contributed by atoms with Crippen LogP contribution in [-0.2, 0) is 16.1 Å². The van der Waals surface area contributed by atoms with Crippen LogP contribution in [-0.4, -0.2) is 67.7 Å². The summed E-state index contributed by atoms with van der Waals surface area (Å²) in [5.41, 5.74) is -0.248. The quantitative estimate of drug-likeness (QED) is 0.794. The molecule has 0 radical (unpaired) electrons. The first kappa shape index (κ1) is 21.7. The maximum Gasteiger partial charge on any atom is 0.228 e. The van der Waals surface area contributed by atoms with Crippen molar-refractivity contribution in [2.45, 2.75) is 45.2 Å². The molecule has 2 saturated heterocycles. The molecular formula is C23H33F2N3O2. The number of ether oxygens (including phenoxy) is 1. The molecule has 2 heterocycles. The lowest BCUT2D eigenvalue weighted by Crippen LogP contribution is -2.60. The minimum absolute atomic E-state index is 0.00487. The highest BCUT2D eigenvalue weighted by Crippen LogP contribution is 2.48. The molecule has 4 rings (SSSR count). The van der Waals surface area contributed by atoms with Crippen molar-refractivity contribution >= 4 is 5.91 Å². The van der Waals surface area contributed by atoms with Gasteiger partial charge in [0.25, 0.3) is 0 Å². The fourth-order valence-corrected chi connectivity index (χ4v) is 5.67. The number of likely N-dealkylation sites (tertiary alicyclic amines) is 1. The summed E-state index contributed by atoms with van der Waals surface area (Å²) in [4.78, 5) is 18.4. The summed E-state index contributed by atoms with van der Waals surface area (Å²) < 4.78 is 33.1. The molecule has 0 spiro atoms. The van der Waals surface area contributed by atoms with E-state index in [1.54, 1.807) is 0 Å². The van der Waals surface area contributed by atoms with Crippen molar-refractivity contribution in [1.29, 1.82) is 0 Å². The van der Waals surface area contributed by atoms with Crippen molar-refractivity contribution in [2.24, 2.45) is 11.3 Å². The SMILES string of the molecule is CCN1CC[C@@H]2C[C@@H](N3CCOCC3)CC[C@@]2(C(=O)NCc2cccc(F)c2F)C1. The smallest absolute Gasteiger partial charge is 0.228 e. The molecule has 3 aliphatic rings. The fraction of sp³-hybridized carbons (Fsp3) is 0.696. The number of rotatable bonds is 5. The van der Waals surface area contributed by atoms with Gasteiger partial charge in [-0.25, -0.2) is 8.78 Å². The van der Waals surface area contributed by atoms with Gasteiger partial charge >= 0.3 is 0 Å². The van der Waals surface area contributed by atoms with E-state index in [9.17, 15) is 13.6 Å². The third kappa shape index (κ3) is 4.25. The Hall–Kier alpha value is -1.57. The Morgan fingerprint density at radius 1 is 1.23 bits per heavy atom. The van der Waals surface area contributed by atoms with E-state index in [2.05, 4.69) is 22.0 Å². The summed E-state index contributed by atoms with van der Waals surface area (Å²) in [6, 6.07) is 4.62. The fourth-order valence-electron chi connectivity index (χ4n) is 5.67. The Bertz CT molecular complexity index is 756. The van der Waals surface area contributed by atoms with Crippen LogP contribution >= 0.6 is 0 Å². The predicted molar refractivity (Wildman–Crippen MR) is 111 cm³/mol. The van der Waals surface area contributed by atoms with Crippen molar-refractivity contribution in [3.8, 4) is 0 Å². The number of nitrogens with zero attached hydrogens (tertiary/aromatic N) is 2. The molecule has 7 heteroatoms. The highest BCUT2D eigenvalue weighted by Gasteiger charge is 2.52. The van der Waals surface area contributed by atoms with Gasteiger partial charge < -0.3 is 15.0 Å². The zero-order chi connectivity index (χ0) is 21.1. The Labute approximate surface area is 177 Å². The van der Waals surface area contributed by atoms with Gasteiger partial charge in [-0.15, -0.1) is 0 Å². The van der Waals surface area contributed by atoms with Crippen LogP contribution in [0.15, 0.2) is 18.2 Å². The second-order valence-corrected chi connectivity index (χ2v) is 8.98. The maximum absolute atomic E-state index is 14.0. The van der Waals surface area contributed by atoms with E-state index >= 15 is 0 Å². The van der Waals surface area contributed by atoms with E-state index in [0.717, 1.165) is 77.7 Å². The Morgan fingerprint density at radius 2 is 2.03 bits per heavy atom. The summed E-state index contributed by atoms with van der Waals surface area (Å²) in [5, 5.41) is 2.96. The molecule has 0 unspecified atom stereocenters. The number of carbonyl (C=O) groups excluding carboxylic acids is 1. The zero-order valence-corrected chi connectivity index (χ0v) is 17.8. The molecule has 2 aliphatic heterocycles. The lowest BCUT2D eigenvalue weighted by Gasteiger charge is -2.53. The largest absolute Gasteiger partial charge is 0.379 e. The molecule has 5 nitrogen and oxygen atoms in total. The van der Waals surface area contributed by atoms with Gasteiger partial charge in [0.1, 0.15) is 0 Å². The summed E-state index contributed by atoms with van der Waals surface area (Å²) in [5.74, 6) is -1.44. The Balaban J connectivity index is 1.48. The van der Waals surface area contributed by atoms with Crippen LogP contribution in [0.3, 0.4) is 0 Å². The molecule has 1 aromatic carbocycles. The maximum atomic E-state index is 14.0. The van der Waals surface area contributed by atoms with Crippen LogP contribution in [0.4, 0.5) is 8.78 Å². The topological polar surface area (TPSA) is 44.8 Å². The van der Waals surface area contributed by atoms with Crippen molar-refractivity contribution < 1.29 is 18.3 Å². The van der Waals surface area contributed by atoms with Gasteiger partial charge in [0.15, 0.2) is 11.6 Å². The number of halogens is 2. The Kier molecular flexibility index (Phi) is 6.70. The first-order chi connectivity index (χ1) is 14.5. The van der Waals surface area contributed by atoms with Gasteiger partial charge in [-0.1, -0.05) is 19.1 Å². The summed E-state index contributed by atoms with van der Waals surface area (Å²) in [6.07, 6.45) is 3.87. The minimum Gasteiger partial charge on any atom is -0.379 e.